The molecule has 0 unspecified atom stereocenters. The van der Waals surface area contributed by atoms with Gasteiger partial charge in [-0.15, -0.1) is 0 Å². The Kier molecular flexibility index (Phi) is 5.51. The van der Waals surface area contributed by atoms with Crippen LogP contribution >= 0.6 is 11.6 Å². The number of rotatable bonds is 5. The van der Waals surface area contributed by atoms with E-state index in [4.69, 9.17) is 16.3 Å². The van der Waals surface area contributed by atoms with Gasteiger partial charge in [0.15, 0.2) is 0 Å². The Bertz CT molecular complexity index is 664. The van der Waals surface area contributed by atoms with Gasteiger partial charge in [0.1, 0.15) is 5.15 Å². The molecule has 0 atom stereocenters. The lowest BCUT2D eigenvalue weighted by molar-refractivity contribution is -0.0348. The van der Waals surface area contributed by atoms with E-state index in [-0.39, 0.29) is 15.7 Å². The average molecular weight is 377 g/mol. The van der Waals surface area contributed by atoms with E-state index in [1.807, 2.05) is 0 Å². The van der Waals surface area contributed by atoms with Crippen molar-refractivity contribution in [3.8, 4) is 0 Å². The predicted molar refractivity (Wildman–Crippen MR) is 91.6 cm³/mol. The third-order valence-corrected chi connectivity index (χ3v) is 7.04. The molecule has 0 bridgehead atoms. The van der Waals surface area contributed by atoms with Gasteiger partial charge in [-0.3, -0.25) is 4.90 Å². The first-order valence-corrected chi connectivity index (χ1v) is 10.3. The molecule has 0 radical (unpaired) electrons. The Morgan fingerprint density at radius 2 is 1.96 bits per heavy atom. The summed E-state index contributed by atoms with van der Waals surface area (Å²) in [5, 5.41) is 0.0335. The van der Waals surface area contributed by atoms with Gasteiger partial charge in [-0.1, -0.05) is 30.9 Å². The molecule has 0 amide bonds. The van der Waals surface area contributed by atoms with Crippen LogP contribution in [0.1, 0.15) is 32.1 Å². The van der Waals surface area contributed by atoms with Crippen molar-refractivity contribution in [2.24, 2.45) is 7.05 Å². The number of imidazole rings is 1. The van der Waals surface area contributed by atoms with E-state index in [1.54, 1.807) is 7.05 Å². The van der Waals surface area contributed by atoms with E-state index >= 15 is 0 Å². The second kappa shape index (κ2) is 7.29. The fraction of sp³-hybridized carbons (Fsp3) is 0.800. The molecule has 3 rings (SSSR count). The summed E-state index contributed by atoms with van der Waals surface area (Å²) in [4.78, 5) is 6.33. The summed E-state index contributed by atoms with van der Waals surface area (Å²) in [6, 6.07) is 0. The summed E-state index contributed by atoms with van der Waals surface area (Å²) in [7, 11) is -2.05. The minimum atomic E-state index is -3.72. The highest BCUT2D eigenvalue weighted by Gasteiger charge is 2.40. The zero-order valence-electron chi connectivity index (χ0n) is 14.0. The molecule has 9 heteroatoms. The molecule has 2 fully saturated rings. The molecule has 0 aromatic carbocycles. The largest absolute Gasteiger partial charge is 0.379 e. The summed E-state index contributed by atoms with van der Waals surface area (Å²) in [6.07, 6.45) is 6.89. The van der Waals surface area contributed by atoms with Crippen molar-refractivity contribution < 1.29 is 13.2 Å². The Morgan fingerprint density at radius 1 is 1.29 bits per heavy atom. The van der Waals surface area contributed by atoms with E-state index in [9.17, 15) is 8.42 Å². The molecule has 1 N–H and O–H groups in total. The maximum atomic E-state index is 12.6. The van der Waals surface area contributed by atoms with E-state index in [1.165, 1.54) is 17.3 Å². The highest BCUT2D eigenvalue weighted by Crippen LogP contribution is 2.34. The number of ether oxygens (including phenoxy) is 1. The molecule has 1 saturated carbocycles. The maximum Gasteiger partial charge on any atom is 0.261 e. The van der Waals surface area contributed by atoms with E-state index in [0.717, 1.165) is 38.8 Å². The molecule has 1 aromatic heterocycles. The number of sulfonamides is 1. The van der Waals surface area contributed by atoms with Crippen LogP contribution in [0.3, 0.4) is 0 Å². The molecule has 1 saturated heterocycles. The molecule has 1 aliphatic heterocycles. The molecule has 0 spiro atoms. The third kappa shape index (κ3) is 3.62. The van der Waals surface area contributed by atoms with Crippen molar-refractivity contribution in [3.05, 3.63) is 11.5 Å². The molecule has 1 aromatic rings. The van der Waals surface area contributed by atoms with Crippen LogP contribution < -0.4 is 4.72 Å². The number of hydrogen-bond acceptors (Lipinski definition) is 5. The topological polar surface area (TPSA) is 76.5 Å². The average Bonchev–Trinajstić information content (AvgIpc) is 2.95. The zero-order chi connectivity index (χ0) is 17.2. The van der Waals surface area contributed by atoms with Crippen molar-refractivity contribution >= 4 is 21.6 Å². The Labute approximate surface area is 148 Å². The number of morpholine rings is 1. The minimum Gasteiger partial charge on any atom is -0.379 e. The van der Waals surface area contributed by atoms with Crippen LogP contribution in [-0.4, -0.2) is 61.3 Å². The predicted octanol–water partition coefficient (Wildman–Crippen LogP) is 1.39. The molecule has 136 valence electrons. The smallest absolute Gasteiger partial charge is 0.261 e. The van der Waals surface area contributed by atoms with Crippen LogP contribution in [0, 0.1) is 0 Å². The summed E-state index contributed by atoms with van der Waals surface area (Å²) < 4.78 is 35.0. The highest BCUT2D eigenvalue weighted by molar-refractivity contribution is 7.89. The Balaban J connectivity index is 1.76. The minimum absolute atomic E-state index is 0.0976. The first kappa shape index (κ1) is 18.1. The lowest BCUT2D eigenvalue weighted by Gasteiger charge is -2.48. The number of halogens is 1. The molecular formula is C15H25ClN4O3S. The molecule has 1 aliphatic carbocycles. The molecule has 2 aliphatic rings. The van der Waals surface area contributed by atoms with Gasteiger partial charge in [-0.05, 0) is 12.8 Å². The van der Waals surface area contributed by atoms with Crippen LogP contribution in [0.5, 0.6) is 0 Å². The summed E-state index contributed by atoms with van der Waals surface area (Å²) in [5.41, 5.74) is -0.129. The highest BCUT2D eigenvalue weighted by atomic mass is 35.5. The van der Waals surface area contributed by atoms with Crippen molar-refractivity contribution in [2.45, 2.75) is 42.7 Å². The fourth-order valence-electron chi connectivity index (χ4n) is 3.72. The zero-order valence-corrected chi connectivity index (χ0v) is 15.6. The molecule has 7 nitrogen and oxygen atoms in total. The second-order valence-electron chi connectivity index (χ2n) is 6.66. The van der Waals surface area contributed by atoms with Crippen molar-refractivity contribution in [1.29, 1.82) is 0 Å². The van der Waals surface area contributed by atoms with Crippen molar-refractivity contribution in [1.82, 2.24) is 19.2 Å². The molecule has 24 heavy (non-hydrogen) atoms. The Hall–Kier alpha value is -0.670. The lowest BCUT2D eigenvalue weighted by Crippen LogP contribution is -2.59. The normalized spacial score (nSPS) is 22.6. The van der Waals surface area contributed by atoms with Gasteiger partial charge in [0, 0.05) is 32.2 Å². The maximum absolute atomic E-state index is 12.6. The van der Waals surface area contributed by atoms with Gasteiger partial charge in [0.2, 0.25) is 5.03 Å². The fourth-order valence-corrected chi connectivity index (χ4v) is 5.27. The summed E-state index contributed by atoms with van der Waals surface area (Å²) in [6.45, 7) is 3.52. The number of aromatic nitrogens is 2. The van der Waals surface area contributed by atoms with E-state index in [2.05, 4.69) is 14.6 Å². The standard InChI is InChI=1S/C15H25ClN4O3S/c1-19-12-17-14(13(19)16)24(21,22)18-11-15(5-3-2-4-6-15)20-7-9-23-10-8-20/h12,18H,2-11H2,1H3. The van der Waals surface area contributed by atoms with Gasteiger partial charge >= 0.3 is 0 Å². The summed E-state index contributed by atoms with van der Waals surface area (Å²) in [5.74, 6) is 0. The van der Waals surface area contributed by atoms with Crippen molar-refractivity contribution in [2.75, 3.05) is 32.8 Å². The van der Waals surface area contributed by atoms with Crippen molar-refractivity contribution in [3.63, 3.8) is 0 Å². The number of aryl methyl sites for hydroxylation is 1. The number of nitrogens with zero attached hydrogens (tertiary/aromatic N) is 3. The quantitative estimate of drug-likeness (QED) is 0.840. The van der Waals surface area contributed by atoms with Crippen LogP contribution in [-0.2, 0) is 21.8 Å². The monoisotopic (exact) mass is 376 g/mol. The van der Waals surface area contributed by atoms with Gasteiger partial charge in [-0.2, -0.15) is 0 Å². The van der Waals surface area contributed by atoms with Crippen LogP contribution in [0.2, 0.25) is 5.15 Å². The van der Waals surface area contributed by atoms with Gasteiger partial charge in [-0.25, -0.2) is 18.1 Å². The first-order chi connectivity index (χ1) is 11.4. The van der Waals surface area contributed by atoms with Crippen LogP contribution in [0.4, 0.5) is 0 Å². The SMILES string of the molecule is Cn1cnc(S(=O)(=O)NCC2(N3CCOCC3)CCCCC2)c1Cl. The van der Waals surface area contributed by atoms with Gasteiger partial charge in [0.05, 0.1) is 19.5 Å². The Morgan fingerprint density at radius 3 is 2.54 bits per heavy atom. The molecular weight excluding hydrogens is 352 g/mol. The number of nitrogens with one attached hydrogen (secondary N) is 1. The van der Waals surface area contributed by atoms with Crippen LogP contribution in [0.25, 0.3) is 0 Å². The van der Waals surface area contributed by atoms with E-state index in [0.29, 0.717) is 19.8 Å². The van der Waals surface area contributed by atoms with Crippen LogP contribution in [0.15, 0.2) is 11.4 Å². The first-order valence-electron chi connectivity index (χ1n) is 8.44. The van der Waals surface area contributed by atoms with E-state index < -0.39 is 10.0 Å². The summed E-state index contributed by atoms with van der Waals surface area (Å²) >= 11 is 6.05. The van der Waals surface area contributed by atoms with Gasteiger partial charge in [0.25, 0.3) is 10.0 Å². The van der Waals surface area contributed by atoms with Gasteiger partial charge < -0.3 is 9.30 Å². The lowest BCUT2D eigenvalue weighted by atomic mass is 9.80. The number of hydrogen-bond donors (Lipinski definition) is 1. The third-order valence-electron chi connectivity index (χ3n) is 5.15. The molecule has 2 heterocycles. The second-order valence-corrected chi connectivity index (χ2v) is 8.70.